The highest BCUT2D eigenvalue weighted by atomic mass is 15.2. The molecule has 0 unspecified atom stereocenters. The van der Waals surface area contributed by atoms with Gasteiger partial charge in [0.25, 0.3) is 0 Å². The molecule has 1 aromatic rings. The third kappa shape index (κ3) is 2.05. The first-order chi connectivity index (χ1) is 6.70. The number of hydrogen-bond donors (Lipinski definition) is 1. The molecule has 0 fully saturated rings. The Morgan fingerprint density at radius 3 is 2.86 bits per heavy atom. The van der Waals surface area contributed by atoms with E-state index in [1.807, 2.05) is 26.2 Å². The lowest BCUT2D eigenvalue weighted by atomic mass is 10.4. The van der Waals surface area contributed by atoms with Crippen LogP contribution >= 0.6 is 0 Å². The van der Waals surface area contributed by atoms with Gasteiger partial charge in [0, 0.05) is 36.6 Å². The van der Waals surface area contributed by atoms with E-state index in [2.05, 4.69) is 28.4 Å². The van der Waals surface area contributed by atoms with E-state index < -0.39 is 0 Å². The van der Waals surface area contributed by atoms with Crippen LogP contribution in [0.15, 0.2) is 17.3 Å². The largest absolute Gasteiger partial charge is 0.362 e. The first-order valence-electron chi connectivity index (χ1n) is 4.77. The molecule has 76 valence electrons. The Morgan fingerprint density at radius 1 is 1.71 bits per heavy atom. The Labute approximate surface area is 84.5 Å². The molecule has 0 radical (unpaired) electrons. The summed E-state index contributed by atoms with van der Waals surface area (Å²) in [6.07, 6.45) is 3.68. The van der Waals surface area contributed by atoms with Gasteiger partial charge in [-0.15, -0.1) is 0 Å². The van der Waals surface area contributed by atoms with E-state index in [4.69, 9.17) is 0 Å². The van der Waals surface area contributed by atoms with E-state index in [-0.39, 0.29) is 0 Å². The Hall–Kier alpha value is -1.51. The van der Waals surface area contributed by atoms with Crippen LogP contribution in [0.1, 0.15) is 13.8 Å². The maximum atomic E-state index is 4.36. The number of hydrogen-bond acceptors (Lipinski definition) is 2. The fourth-order valence-corrected chi connectivity index (χ4v) is 1.26. The van der Waals surface area contributed by atoms with Crippen LogP contribution in [0, 0.1) is 0 Å². The van der Waals surface area contributed by atoms with Gasteiger partial charge in [0.15, 0.2) is 0 Å². The van der Waals surface area contributed by atoms with Crippen molar-refractivity contribution in [3.63, 3.8) is 0 Å². The number of nitrogens with zero attached hydrogens (tertiary/aromatic N) is 2. The van der Waals surface area contributed by atoms with Crippen LogP contribution in [0.25, 0.3) is 12.4 Å². The maximum Gasteiger partial charge on any atom is 0.137 e. The predicted octanol–water partition coefficient (Wildman–Crippen LogP) is 0.533. The molecule has 3 nitrogen and oxygen atoms in total. The highest BCUT2D eigenvalue weighted by Crippen LogP contribution is 1.99. The van der Waals surface area contributed by atoms with Gasteiger partial charge in [0.2, 0.25) is 0 Å². The van der Waals surface area contributed by atoms with Crippen LogP contribution in [-0.2, 0) is 0 Å². The monoisotopic (exact) mass is 191 g/mol. The second-order valence-electron chi connectivity index (χ2n) is 3.09. The van der Waals surface area contributed by atoms with E-state index >= 15 is 0 Å². The highest BCUT2D eigenvalue weighted by molar-refractivity contribution is 5.62. The number of aliphatic imine (C=N–C) groups is 1. The normalized spacial score (nSPS) is 13.4. The van der Waals surface area contributed by atoms with Crippen molar-refractivity contribution >= 4 is 18.6 Å². The highest BCUT2D eigenvalue weighted by Gasteiger charge is 2.01. The number of aromatic nitrogens is 1. The van der Waals surface area contributed by atoms with Crippen molar-refractivity contribution in [2.24, 2.45) is 4.99 Å². The maximum absolute atomic E-state index is 4.36. The first-order valence-corrected chi connectivity index (χ1v) is 4.77. The van der Waals surface area contributed by atoms with Crippen LogP contribution < -0.4 is 10.6 Å². The summed E-state index contributed by atoms with van der Waals surface area (Å²) in [6, 6.07) is 2.00. The van der Waals surface area contributed by atoms with Crippen LogP contribution in [0.2, 0.25) is 0 Å². The van der Waals surface area contributed by atoms with Gasteiger partial charge in [0.05, 0.1) is 0 Å². The molecule has 0 atom stereocenters. The smallest absolute Gasteiger partial charge is 0.137 e. The molecule has 0 spiro atoms. The van der Waals surface area contributed by atoms with Crippen molar-refractivity contribution in [1.29, 1.82) is 0 Å². The van der Waals surface area contributed by atoms with Gasteiger partial charge in [0.1, 0.15) is 5.82 Å². The summed E-state index contributed by atoms with van der Waals surface area (Å²) in [5.41, 5.74) is 0. The molecular weight excluding hydrogens is 174 g/mol. The predicted molar refractivity (Wildman–Crippen MR) is 61.4 cm³/mol. The van der Waals surface area contributed by atoms with Gasteiger partial charge in [-0.05, 0) is 19.9 Å². The van der Waals surface area contributed by atoms with Crippen LogP contribution in [0.5, 0.6) is 0 Å². The molecule has 0 bridgehead atoms. The minimum absolute atomic E-state index is 0.908. The summed E-state index contributed by atoms with van der Waals surface area (Å²) in [7, 11) is 2.02. The number of rotatable bonds is 3. The fraction of sp³-hybridized carbons (Fsp3) is 0.364. The fourth-order valence-electron chi connectivity index (χ4n) is 1.26. The molecule has 0 aromatic carbocycles. The van der Waals surface area contributed by atoms with Gasteiger partial charge in [-0.1, -0.05) is 6.58 Å². The molecule has 1 heterocycles. The third-order valence-electron chi connectivity index (χ3n) is 2.16. The van der Waals surface area contributed by atoms with Crippen LogP contribution in [-0.4, -0.2) is 29.7 Å². The van der Waals surface area contributed by atoms with Crippen LogP contribution in [0.3, 0.4) is 0 Å². The van der Waals surface area contributed by atoms with Crippen molar-refractivity contribution in [3.8, 4) is 0 Å². The van der Waals surface area contributed by atoms with Gasteiger partial charge in [-0.3, -0.25) is 0 Å². The molecule has 0 saturated heterocycles. The number of nitrogens with one attached hydrogen (secondary N) is 1. The van der Waals surface area contributed by atoms with Gasteiger partial charge in [-0.25, -0.2) is 4.99 Å². The summed E-state index contributed by atoms with van der Waals surface area (Å²) in [5.74, 6) is 0.959. The second kappa shape index (κ2) is 4.65. The minimum Gasteiger partial charge on any atom is -0.362 e. The van der Waals surface area contributed by atoms with E-state index in [0.29, 0.717) is 0 Å². The number of H-pyrrole nitrogens is 1. The molecule has 0 saturated carbocycles. The lowest BCUT2D eigenvalue weighted by Crippen LogP contribution is -2.30. The summed E-state index contributed by atoms with van der Waals surface area (Å²) in [4.78, 5) is 9.50. The van der Waals surface area contributed by atoms with Crippen molar-refractivity contribution in [1.82, 2.24) is 9.88 Å². The lowest BCUT2D eigenvalue weighted by Gasteiger charge is -2.16. The Balaban J connectivity index is 3.37. The van der Waals surface area contributed by atoms with Gasteiger partial charge < -0.3 is 9.88 Å². The average Bonchev–Trinajstić information content (AvgIpc) is 2.60. The minimum atomic E-state index is 0.908. The SMILES string of the molecule is C=c1[nH]cc/c1=C(/N=CC)N(C)CC. The molecule has 0 aliphatic heterocycles. The zero-order valence-corrected chi connectivity index (χ0v) is 9.04. The summed E-state index contributed by atoms with van der Waals surface area (Å²) in [5, 5.41) is 1.97. The quantitative estimate of drug-likeness (QED) is 0.694. The molecule has 3 heteroatoms. The molecule has 14 heavy (non-hydrogen) atoms. The average molecular weight is 191 g/mol. The van der Waals surface area contributed by atoms with Crippen molar-refractivity contribution < 1.29 is 0 Å². The van der Waals surface area contributed by atoms with Gasteiger partial charge in [-0.2, -0.15) is 0 Å². The molecule has 0 amide bonds. The van der Waals surface area contributed by atoms with Crippen LogP contribution in [0.4, 0.5) is 0 Å². The van der Waals surface area contributed by atoms with E-state index in [1.165, 1.54) is 0 Å². The van der Waals surface area contributed by atoms with Crippen molar-refractivity contribution in [2.45, 2.75) is 13.8 Å². The Kier molecular flexibility index (Phi) is 3.51. The van der Waals surface area contributed by atoms with E-state index in [0.717, 1.165) is 22.9 Å². The third-order valence-corrected chi connectivity index (χ3v) is 2.16. The standard InChI is InChI=1S/C11H17N3/c1-5-12-11(14(4)6-2)10-7-8-13-9(10)3/h5,7-8,13H,3,6H2,1-2,4H3/b11-10+,12-5?. The number of aromatic amines is 1. The van der Waals surface area contributed by atoms with E-state index in [1.54, 1.807) is 6.21 Å². The topological polar surface area (TPSA) is 31.4 Å². The molecule has 0 aliphatic carbocycles. The zero-order valence-electron chi connectivity index (χ0n) is 9.04. The summed E-state index contributed by atoms with van der Waals surface area (Å²) >= 11 is 0. The lowest BCUT2D eigenvalue weighted by molar-refractivity contribution is 0.497. The van der Waals surface area contributed by atoms with Gasteiger partial charge >= 0.3 is 0 Å². The van der Waals surface area contributed by atoms with Crippen molar-refractivity contribution in [2.75, 3.05) is 13.6 Å². The molecular formula is C11H17N3. The van der Waals surface area contributed by atoms with E-state index in [9.17, 15) is 0 Å². The Bertz CT molecular complexity index is 414. The van der Waals surface area contributed by atoms with Crippen molar-refractivity contribution in [3.05, 3.63) is 22.8 Å². The second-order valence-corrected chi connectivity index (χ2v) is 3.09. The molecule has 1 aromatic heterocycles. The Morgan fingerprint density at radius 2 is 2.43 bits per heavy atom. The summed E-state index contributed by atoms with van der Waals surface area (Å²) < 4.78 is 0. The first kappa shape index (κ1) is 10.6. The zero-order chi connectivity index (χ0) is 10.6. The summed E-state index contributed by atoms with van der Waals surface area (Å²) in [6.45, 7) is 8.86. The molecule has 1 N–H and O–H groups in total. The molecule has 0 aliphatic rings. The molecule has 1 rings (SSSR count).